The number of β-amino-alcohol motifs (C(OH)–C–C–N with tert-alkyl or cyclic N) is 1. The monoisotopic (exact) mass is 359 g/mol. The minimum absolute atomic E-state index is 0.0384. The van der Waals surface area contributed by atoms with Crippen LogP contribution in [-0.4, -0.2) is 65.0 Å². The van der Waals surface area contributed by atoms with Gasteiger partial charge in [0.1, 0.15) is 0 Å². The summed E-state index contributed by atoms with van der Waals surface area (Å²) in [5.41, 5.74) is 2.00. The summed E-state index contributed by atoms with van der Waals surface area (Å²) >= 11 is 0. The first-order chi connectivity index (χ1) is 12.5. The second kappa shape index (κ2) is 8.18. The Kier molecular flexibility index (Phi) is 5.94. The number of nitrogens with zero attached hydrogens (tertiary/aromatic N) is 2. The minimum atomic E-state index is -0.755. The van der Waals surface area contributed by atoms with E-state index in [1.807, 2.05) is 0 Å². The average Bonchev–Trinajstić information content (AvgIpc) is 2.81. The lowest BCUT2D eigenvalue weighted by molar-refractivity contribution is -0.132. The second-order valence-electron chi connectivity index (χ2n) is 7.60. The third kappa shape index (κ3) is 4.83. The normalized spacial score (nSPS) is 23.8. The quantitative estimate of drug-likeness (QED) is 0.839. The summed E-state index contributed by atoms with van der Waals surface area (Å²) in [6, 6.07) is 8.51. The number of hydrogen-bond donors (Lipinski definition) is 2. The summed E-state index contributed by atoms with van der Waals surface area (Å²) in [6.07, 6.45) is 3.09. The topological polar surface area (TPSA) is 72.9 Å². The van der Waals surface area contributed by atoms with E-state index in [9.17, 15) is 14.7 Å². The van der Waals surface area contributed by atoms with Crippen molar-refractivity contribution in [2.75, 3.05) is 32.7 Å². The molecular formula is C20H29N3O3. The van der Waals surface area contributed by atoms with Crippen LogP contribution in [0.15, 0.2) is 24.3 Å². The first-order valence-corrected chi connectivity index (χ1v) is 9.49. The van der Waals surface area contributed by atoms with Crippen molar-refractivity contribution < 1.29 is 14.7 Å². The highest BCUT2D eigenvalue weighted by atomic mass is 16.3. The molecule has 1 atom stereocenters. The smallest absolute Gasteiger partial charge is 0.241 e. The molecule has 1 unspecified atom stereocenters. The molecule has 142 valence electrons. The summed E-state index contributed by atoms with van der Waals surface area (Å²) in [6.45, 7) is 5.12. The zero-order chi connectivity index (χ0) is 18.6. The van der Waals surface area contributed by atoms with Crippen LogP contribution in [0.2, 0.25) is 0 Å². The van der Waals surface area contributed by atoms with Crippen LogP contribution in [0, 0.1) is 0 Å². The van der Waals surface area contributed by atoms with Crippen LogP contribution in [0.3, 0.4) is 0 Å². The van der Waals surface area contributed by atoms with Crippen molar-refractivity contribution in [2.45, 2.75) is 44.8 Å². The Labute approximate surface area is 155 Å². The van der Waals surface area contributed by atoms with Crippen LogP contribution in [0.25, 0.3) is 0 Å². The Morgan fingerprint density at radius 2 is 1.92 bits per heavy atom. The number of likely N-dealkylation sites (tertiary alicyclic amines) is 1. The van der Waals surface area contributed by atoms with Gasteiger partial charge in [-0.2, -0.15) is 0 Å². The Morgan fingerprint density at radius 3 is 2.69 bits per heavy atom. The zero-order valence-electron chi connectivity index (χ0n) is 15.5. The molecule has 0 aromatic heterocycles. The molecular weight excluding hydrogens is 330 g/mol. The molecule has 6 heteroatoms. The lowest BCUT2D eigenvalue weighted by Gasteiger charge is -2.36. The molecule has 2 heterocycles. The Morgan fingerprint density at radius 1 is 1.15 bits per heavy atom. The number of rotatable bonds is 4. The molecule has 2 aliphatic heterocycles. The van der Waals surface area contributed by atoms with E-state index in [1.54, 1.807) is 4.90 Å². The highest BCUT2D eigenvalue weighted by Gasteiger charge is 2.34. The zero-order valence-corrected chi connectivity index (χ0v) is 15.5. The molecule has 1 aromatic carbocycles. The van der Waals surface area contributed by atoms with E-state index in [2.05, 4.69) is 34.5 Å². The number of amides is 2. The van der Waals surface area contributed by atoms with Gasteiger partial charge in [0, 0.05) is 39.6 Å². The van der Waals surface area contributed by atoms with Gasteiger partial charge in [0.2, 0.25) is 11.8 Å². The van der Waals surface area contributed by atoms with Crippen molar-refractivity contribution >= 4 is 11.8 Å². The molecule has 2 aliphatic rings. The summed E-state index contributed by atoms with van der Waals surface area (Å²) in [4.78, 5) is 27.3. The van der Waals surface area contributed by atoms with Gasteiger partial charge >= 0.3 is 0 Å². The van der Waals surface area contributed by atoms with E-state index in [4.69, 9.17) is 0 Å². The molecule has 2 N–H and O–H groups in total. The number of carbonyl (C=O) groups excluding carboxylic acids is 2. The van der Waals surface area contributed by atoms with Crippen LogP contribution in [0.4, 0.5) is 0 Å². The van der Waals surface area contributed by atoms with E-state index in [0.29, 0.717) is 32.5 Å². The molecule has 26 heavy (non-hydrogen) atoms. The van der Waals surface area contributed by atoms with Crippen molar-refractivity contribution in [3.63, 3.8) is 0 Å². The van der Waals surface area contributed by atoms with E-state index in [0.717, 1.165) is 25.9 Å². The van der Waals surface area contributed by atoms with Crippen molar-refractivity contribution in [3.8, 4) is 0 Å². The molecule has 0 spiro atoms. The van der Waals surface area contributed by atoms with Gasteiger partial charge in [-0.3, -0.25) is 14.5 Å². The van der Waals surface area contributed by atoms with Crippen LogP contribution in [0.5, 0.6) is 0 Å². The van der Waals surface area contributed by atoms with Crippen LogP contribution in [0.1, 0.15) is 37.3 Å². The molecule has 0 bridgehead atoms. The lowest BCUT2D eigenvalue weighted by Crippen LogP contribution is -2.46. The number of aliphatic hydroxyl groups is 1. The van der Waals surface area contributed by atoms with Gasteiger partial charge in [0.15, 0.2) is 0 Å². The Hall–Kier alpha value is -1.92. The number of fused-ring (bicyclic) bond motifs is 1. The maximum Gasteiger partial charge on any atom is 0.241 e. The van der Waals surface area contributed by atoms with E-state index in [1.165, 1.54) is 18.1 Å². The van der Waals surface area contributed by atoms with Crippen molar-refractivity contribution in [3.05, 3.63) is 35.4 Å². The second-order valence-corrected chi connectivity index (χ2v) is 7.60. The number of carbonyl (C=O) groups is 2. The highest BCUT2D eigenvalue weighted by molar-refractivity contribution is 5.83. The first-order valence-electron chi connectivity index (χ1n) is 9.49. The molecule has 0 aliphatic carbocycles. The van der Waals surface area contributed by atoms with E-state index in [-0.39, 0.29) is 18.4 Å². The van der Waals surface area contributed by atoms with E-state index >= 15 is 0 Å². The number of benzene rings is 1. The van der Waals surface area contributed by atoms with Gasteiger partial charge in [-0.05, 0) is 36.8 Å². The fourth-order valence-corrected chi connectivity index (χ4v) is 4.00. The van der Waals surface area contributed by atoms with E-state index < -0.39 is 5.60 Å². The SMILES string of the molecule is CC(=O)NCC(=O)N1CCCC(O)(CN2CCc3ccccc3C2)CC1. The Balaban J connectivity index is 1.54. The van der Waals surface area contributed by atoms with Gasteiger partial charge in [-0.15, -0.1) is 0 Å². The summed E-state index contributed by atoms with van der Waals surface area (Å²) in [5.74, 6) is -0.272. The maximum absolute atomic E-state index is 12.2. The van der Waals surface area contributed by atoms with Crippen molar-refractivity contribution in [1.29, 1.82) is 0 Å². The van der Waals surface area contributed by atoms with Gasteiger partial charge in [-0.1, -0.05) is 24.3 Å². The molecule has 1 fully saturated rings. The summed E-state index contributed by atoms with van der Waals surface area (Å²) in [7, 11) is 0. The van der Waals surface area contributed by atoms with Crippen LogP contribution >= 0.6 is 0 Å². The number of hydrogen-bond acceptors (Lipinski definition) is 4. The van der Waals surface area contributed by atoms with Crippen molar-refractivity contribution in [2.24, 2.45) is 0 Å². The number of nitrogens with one attached hydrogen (secondary N) is 1. The van der Waals surface area contributed by atoms with Gasteiger partial charge < -0.3 is 15.3 Å². The summed E-state index contributed by atoms with van der Waals surface area (Å²) in [5, 5.41) is 13.7. The van der Waals surface area contributed by atoms with Gasteiger partial charge in [0.05, 0.1) is 12.1 Å². The first kappa shape index (κ1) is 18.9. The molecule has 0 saturated carbocycles. The predicted octanol–water partition coefficient (Wildman–Crippen LogP) is 0.924. The third-order valence-corrected chi connectivity index (χ3v) is 5.49. The molecule has 6 nitrogen and oxygen atoms in total. The largest absolute Gasteiger partial charge is 0.388 e. The highest BCUT2D eigenvalue weighted by Crippen LogP contribution is 2.26. The minimum Gasteiger partial charge on any atom is -0.388 e. The average molecular weight is 359 g/mol. The lowest BCUT2D eigenvalue weighted by atomic mass is 9.92. The molecule has 1 saturated heterocycles. The van der Waals surface area contributed by atoms with Crippen LogP contribution in [-0.2, 0) is 22.6 Å². The fraction of sp³-hybridized carbons (Fsp3) is 0.600. The third-order valence-electron chi connectivity index (χ3n) is 5.49. The fourth-order valence-electron chi connectivity index (χ4n) is 4.00. The maximum atomic E-state index is 12.2. The molecule has 0 radical (unpaired) electrons. The van der Waals surface area contributed by atoms with Gasteiger partial charge in [0.25, 0.3) is 0 Å². The van der Waals surface area contributed by atoms with Crippen LogP contribution < -0.4 is 5.32 Å². The standard InChI is InChI=1S/C20H29N3O3/c1-16(24)21-13-19(25)23-10-4-8-20(26,9-12-23)15-22-11-7-17-5-2-3-6-18(17)14-22/h2-3,5-6,26H,4,7-15H2,1H3,(H,21,24). The van der Waals surface area contributed by atoms with Crippen molar-refractivity contribution in [1.82, 2.24) is 15.1 Å². The molecule has 3 rings (SSSR count). The predicted molar refractivity (Wildman–Crippen MR) is 99.5 cm³/mol. The summed E-state index contributed by atoms with van der Waals surface area (Å²) < 4.78 is 0. The Bertz CT molecular complexity index is 663. The molecule has 2 amide bonds. The molecule has 1 aromatic rings. The van der Waals surface area contributed by atoms with Gasteiger partial charge in [-0.25, -0.2) is 0 Å².